The van der Waals surface area contributed by atoms with Gasteiger partial charge in [-0.05, 0) is 44.4 Å². The van der Waals surface area contributed by atoms with Gasteiger partial charge in [0.15, 0.2) is 0 Å². The maximum absolute atomic E-state index is 12.6. The molecule has 0 bridgehead atoms. The highest BCUT2D eigenvalue weighted by atomic mass is 79.9. The predicted molar refractivity (Wildman–Crippen MR) is 100 cm³/mol. The highest BCUT2D eigenvalue weighted by Gasteiger charge is 2.39. The molecule has 0 radical (unpaired) electrons. The molecule has 134 valence electrons. The number of carbonyl (C=O) groups excluding carboxylic acids is 1. The number of alkyl halides is 1. The summed E-state index contributed by atoms with van der Waals surface area (Å²) in [5.41, 5.74) is 7.35. The molecule has 4 atom stereocenters. The van der Waals surface area contributed by atoms with Gasteiger partial charge in [-0.1, -0.05) is 41.9 Å². The third kappa shape index (κ3) is 4.71. The Balaban J connectivity index is 1.94. The van der Waals surface area contributed by atoms with E-state index in [0.29, 0.717) is 5.92 Å². The lowest BCUT2D eigenvalue weighted by molar-refractivity contribution is -0.123. The summed E-state index contributed by atoms with van der Waals surface area (Å²) in [6.45, 7) is 10.3. The summed E-state index contributed by atoms with van der Waals surface area (Å²) in [4.78, 5) is 12.6. The van der Waals surface area contributed by atoms with Crippen molar-refractivity contribution >= 4 is 21.8 Å². The van der Waals surface area contributed by atoms with E-state index in [1.165, 1.54) is 0 Å². The number of hydrogen-bond donors (Lipinski definition) is 3. The summed E-state index contributed by atoms with van der Waals surface area (Å²) < 4.78 is 5.65. The summed E-state index contributed by atoms with van der Waals surface area (Å²) in [7, 11) is 0. The van der Waals surface area contributed by atoms with Crippen LogP contribution in [-0.4, -0.2) is 28.9 Å². The van der Waals surface area contributed by atoms with Gasteiger partial charge in [0.05, 0.1) is 17.0 Å². The molecule has 1 aliphatic heterocycles. The van der Waals surface area contributed by atoms with E-state index >= 15 is 0 Å². The van der Waals surface area contributed by atoms with Gasteiger partial charge in [0.2, 0.25) is 5.91 Å². The Hall–Kier alpha value is -1.11. The van der Waals surface area contributed by atoms with Gasteiger partial charge >= 0.3 is 0 Å². The maximum Gasteiger partial charge on any atom is 0.240 e. The number of amides is 1. The van der Waals surface area contributed by atoms with E-state index in [1.807, 2.05) is 45.0 Å². The van der Waals surface area contributed by atoms with Crippen LogP contribution in [0, 0.1) is 5.92 Å². The molecular formula is C18H28BrN3O2. The van der Waals surface area contributed by atoms with Crippen LogP contribution in [0.2, 0.25) is 0 Å². The van der Waals surface area contributed by atoms with Gasteiger partial charge in [0.1, 0.15) is 11.8 Å². The van der Waals surface area contributed by atoms with Crippen LogP contribution in [0.4, 0.5) is 0 Å². The molecule has 0 saturated carbocycles. The van der Waals surface area contributed by atoms with Crippen molar-refractivity contribution in [3.8, 4) is 5.75 Å². The molecule has 5 nitrogen and oxygen atoms in total. The average Bonchev–Trinajstić information content (AvgIpc) is 2.89. The molecule has 1 heterocycles. The number of carbonyl (C=O) groups is 1. The lowest BCUT2D eigenvalue weighted by atomic mass is 9.99. The van der Waals surface area contributed by atoms with Crippen molar-refractivity contribution in [3.63, 3.8) is 0 Å². The first-order valence-corrected chi connectivity index (χ1v) is 9.43. The Bertz CT molecular complexity index is 548. The smallest absolute Gasteiger partial charge is 0.240 e. The summed E-state index contributed by atoms with van der Waals surface area (Å²) in [5.74, 6) is 1.27. The average molecular weight is 398 g/mol. The molecule has 0 aromatic heterocycles. The third-order valence-corrected chi connectivity index (χ3v) is 5.28. The molecule has 1 aromatic carbocycles. The largest absolute Gasteiger partial charge is 0.491 e. The molecule has 1 saturated heterocycles. The van der Waals surface area contributed by atoms with E-state index in [0.717, 1.165) is 11.3 Å². The molecule has 0 spiro atoms. The second kappa shape index (κ2) is 8.32. The second-order valence-electron chi connectivity index (χ2n) is 6.95. The summed E-state index contributed by atoms with van der Waals surface area (Å²) in [6.07, 6.45) is 0.152. The highest BCUT2D eigenvalue weighted by molar-refractivity contribution is 9.09. The minimum atomic E-state index is -0.289. The van der Waals surface area contributed by atoms with Crippen LogP contribution in [0.25, 0.3) is 0 Å². The van der Waals surface area contributed by atoms with Gasteiger partial charge in [-0.2, -0.15) is 0 Å². The number of benzene rings is 1. The van der Waals surface area contributed by atoms with E-state index in [2.05, 4.69) is 45.9 Å². The van der Waals surface area contributed by atoms with Crippen molar-refractivity contribution in [2.45, 2.75) is 63.7 Å². The van der Waals surface area contributed by atoms with Crippen molar-refractivity contribution in [1.82, 2.24) is 16.2 Å². The molecule has 24 heavy (non-hydrogen) atoms. The van der Waals surface area contributed by atoms with Crippen molar-refractivity contribution in [3.05, 3.63) is 29.8 Å². The number of ether oxygens (including phenoxy) is 1. The van der Waals surface area contributed by atoms with Gasteiger partial charge in [-0.15, -0.1) is 0 Å². The van der Waals surface area contributed by atoms with Crippen molar-refractivity contribution in [2.24, 2.45) is 5.92 Å². The Labute approximate surface area is 153 Å². The zero-order chi connectivity index (χ0) is 17.9. The molecule has 0 aliphatic carbocycles. The molecule has 4 unspecified atom stereocenters. The second-order valence-corrected chi connectivity index (χ2v) is 8.00. The first kappa shape index (κ1) is 19.2. The minimum absolute atomic E-state index is 0.0115. The number of nitrogens with one attached hydrogen (secondary N) is 3. The van der Waals surface area contributed by atoms with E-state index in [9.17, 15) is 4.79 Å². The summed E-state index contributed by atoms with van der Waals surface area (Å²) in [6, 6.07) is 7.74. The van der Waals surface area contributed by atoms with Crippen LogP contribution < -0.4 is 20.9 Å². The molecule has 3 N–H and O–H groups in total. The van der Waals surface area contributed by atoms with E-state index in [1.54, 1.807) is 0 Å². The summed E-state index contributed by atoms with van der Waals surface area (Å²) in [5, 5.41) is 3.08. The molecule has 1 amide bonds. The van der Waals surface area contributed by atoms with Gasteiger partial charge in [0, 0.05) is 6.04 Å². The normalized spacial score (nSPS) is 25.1. The SMILES string of the molecule is CC(C)Oc1ccc(C(C)NC(=O)C2NNC(C(C)C)C2Br)cc1. The monoisotopic (exact) mass is 397 g/mol. The Morgan fingerprint density at radius 3 is 2.25 bits per heavy atom. The minimum Gasteiger partial charge on any atom is -0.491 e. The van der Waals surface area contributed by atoms with Crippen molar-refractivity contribution in [2.75, 3.05) is 0 Å². The number of rotatable bonds is 6. The van der Waals surface area contributed by atoms with Crippen molar-refractivity contribution < 1.29 is 9.53 Å². The highest BCUT2D eigenvalue weighted by Crippen LogP contribution is 2.23. The predicted octanol–water partition coefficient (Wildman–Crippen LogP) is 2.92. The standard InChI is InChI=1S/C18H28BrN3O2/c1-10(2)16-15(19)17(22-21-16)18(23)20-12(5)13-6-8-14(9-7-13)24-11(3)4/h6-12,15-17,21-22H,1-5H3,(H,20,23). The van der Waals surface area contributed by atoms with E-state index in [-0.39, 0.29) is 35.0 Å². The molecule has 1 fully saturated rings. The molecule has 1 aliphatic rings. The van der Waals surface area contributed by atoms with Crippen molar-refractivity contribution in [1.29, 1.82) is 0 Å². The van der Waals surface area contributed by atoms with Gasteiger partial charge < -0.3 is 10.1 Å². The van der Waals surface area contributed by atoms with Gasteiger partial charge in [-0.3, -0.25) is 10.2 Å². The Kier molecular flexibility index (Phi) is 6.66. The fraction of sp³-hybridized carbons (Fsp3) is 0.611. The lowest BCUT2D eigenvalue weighted by Gasteiger charge is -2.21. The van der Waals surface area contributed by atoms with Gasteiger partial charge in [-0.25, -0.2) is 5.43 Å². The van der Waals surface area contributed by atoms with E-state index in [4.69, 9.17) is 4.74 Å². The molecule has 1 aromatic rings. The number of halogens is 1. The topological polar surface area (TPSA) is 62.4 Å². The third-order valence-electron chi connectivity index (χ3n) is 4.18. The zero-order valence-electron chi connectivity index (χ0n) is 15.0. The summed E-state index contributed by atoms with van der Waals surface area (Å²) >= 11 is 3.65. The van der Waals surface area contributed by atoms with Crippen LogP contribution in [0.1, 0.15) is 46.2 Å². The van der Waals surface area contributed by atoms with Crippen LogP contribution in [-0.2, 0) is 4.79 Å². The Morgan fingerprint density at radius 2 is 1.75 bits per heavy atom. The molecule has 2 rings (SSSR count). The first-order chi connectivity index (χ1) is 11.3. The maximum atomic E-state index is 12.6. The van der Waals surface area contributed by atoms with Crippen LogP contribution >= 0.6 is 15.9 Å². The van der Waals surface area contributed by atoms with Crippen LogP contribution in [0.3, 0.4) is 0 Å². The van der Waals surface area contributed by atoms with E-state index < -0.39 is 0 Å². The van der Waals surface area contributed by atoms with Crippen LogP contribution in [0.5, 0.6) is 5.75 Å². The fourth-order valence-electron chi connectivity index (χ4n) is 2.79. The lowest BCUT2D eigenvalue weighted by Crippen LogP contribution is -2.46. The molecule has 6 heteroatoms. The fourth-order valence-corrected chi connectivity index (χ4v) is 3.91. The quantitative estimate of drug-likeness (QED) is 0.645. The number of hydrazine groups is 1. The Morgan fingerprint density at radius 1 is 1.12 bits per heavy atom. The van der Waals surface area contributed by atoms with Gasteiger partial charge in [0.25, 0.3) is 0 Å². The van der Waals surface area contributed by atoms with Crippen LogP contribution in [0.15, 0.2) is 24.3 Å². The molecular weight excluding hydrogens is 370 g/mol. The first-order valence-electron chi connectivity index (χ1n) is 8.51. The number of hydrogen-bond acceptors (Lipinski definition) is 4. The zero-order valence-corrected chi connectivity index (χ0v) is 16.6.